The van der Waals surface area contributed by atoms with Crippen molar-refractivity contribution >= 4 is 35.8 Å². The van der Waals surface area contributed by atoms with Gasteiger partial charge in [0, 0.05) is 38.6 Å². The van der Waals surface area contributed by atoms with Crippen molar-refractivity contribution in [3.8, 4) is 11.5 Å². The Balaban J connectivity index is 0.00000341. The van der Waals surface area contributed by atoms with Crippen LogP contribution in [0.1, 0.15) is 51.5 Å². The average Bonchev–Trinajstić information content (AvgIpc) is 3.42. The fourth-order valence-corrected chi connectivity index (χ4v) is 4.13. The third-order valence-electron chi connectivity index (χ3n) is 5.84. The maximum absolute atomic E-state index is 12.2. The molecule has 1 saturated carbocycles. The van der Waals surface area contributed by atoms with Gasteiger partial charge in [0.1, 0.15) is 0 Å². The topological polar surface area (TPSA) is 75.2 Å². The Hall–Kier alpha value is -1.71. The summed E-state index contributed by atoms with van der Waals surface area (Å²) in [5.41, 5.74) is 1.11. The van der Waals surface area contributed by atoms with E-state index in [1.54, 1.807) is 14.2 Å². The first kappa shape index (κ1) is 25.5. The van der Waals surface area contributed by atoms with Gasteiger partial charge in [0.05, 0.1) is 13.2 Å². The van der Waals surface area contributed by atoms with Crippen LogP contribution in [0, 0.1) is 5.92 Å². The Kier molecular flexibility index (Phi) is 10.2. The summed E-state index contributed by atoms with van der Waals surface area (Å²) in [6.45, 7) is 6.05. The van der Waals surface area contributed by atoms with Crippen LogP contribution in [0.3, 0.4) is 0 Å². The number of halogens is 1. The highest BCUT2D eigenvalue weighted by molar-refractivity contribution is 14.0. The number of nitrogens with zero attached hydrogens (tertiary/aromatic N) is 2. The molecule has 2 aliphatic rings. The maximum Gasteiger partial charge on any atom is 0.225 e. The van der Waals surface area contributed by atoms with E-state index in [9.17, 15) is 4.79 Å². The van der Waals surface area contributed by atoms with Crippen LogP contribution in [0.15, 0.2) is 23.2 Å². The van der Waals surface area contributed by atoms with Crippen molar-refractivity contribution in [2.24, 2.45) is 10.9 Å². The lowest BCUT2D eigenvalue weighted by Gasteiger charge is -2.21. The first-order valence-corrected chi connectivity index (χ1v) is 11.1. The molecule has 0 bridgehead atoms. The lowest BCUT2D eigenvalue weighted by molar-refractivity contribution is -0.133. The van der Waals surface area contributed by atoms with Gasteiger partial charge in [-0.1, -0.05) is 19.9 Å². The molecule has 1 heterocycles. The van der Waals surface area contributed by atoms with E-state index in [-0.39, 0.29) is 47.9 Å². The zero-order valence-corrected chi connectivity index (χ0v) is 21.5. The predicted molar refractivity (Wildman–Crippen MR) is 134 cm³/mol. The SMILES string of the molecule is CN=C(NCc1ccc(OC)c(OC2CCCC2)c1)NC1CCN(C(=O)C(C)C)C1.I. The number of methoxy groups -OCH3 is 1. The van der Waals surface area contributed by atoms with Crippen molar-refractivity contribution in [1.29, 1.82) is 0 Å². The highest BCUT2D eigenvalue weighted by Crippen LogP contribution is 2.32. The summed E-state index contributed by atoms with van der Waals surface area (Å²) in [5.74, 6) is 2.58. The number of rotatable bonds is 7. The van der Waals surface area contributed by atoms with Gasteiger partial charge >= 0.3 is 0 Å². The number of likely N-dealkylation sites (tertiary alicyclic amines) is 1. The summed E-state index contributed by atoms with van der Waals surface area (Å²) in [6.07, 6.45) is 5.91. The standard InChI is InChI=1S/C23H36N4O3.HI/c1-16(2)22(28)27-12-11-18(15-27)26-23(24-3)25-14-17-9-10-20(29-4)21(13-17)30-19-7-5-6-8-19;/h9-10,13,16,18-19H,5-8,11-12,14-15H2,1-4H3,(H2,24,25,26);1H. The molecular formula is C23H37IN4O3. The molecule has 1 aromatic carbocycles. The van der Waals surface area contributed by atoms with Crippen LogP contribution >= 0.6 is 24.0 Å². The Labute approximate surface area is 203 Å². The second-order valence-corrected chi connectivity index (χ2v) is 8.50. The number of carbonyl (C=O) groups is 1. The summed E-state index contributed by atoms with van der Waals surface area (Å²) in [7, 11) is 3.44. The number of guanidine groups is 1. The van der Waals surface area contributed by atoms with Crippen LogP contribution in [-0.2, 0) is 11.3 Å². The number of ether oxygens (including phenoxy) is 2. The molecule has 1 saturated heterocycles. The van der Waals surface area contributed by atoms with Gasteiger partial charge in [-0.05, 0) is 49.8 Å². The summed E-state index contributed by atoms with van der Waals surface area (Å²) in [4.78, 5) is 18.5. The highest BCUT2D eigenvalue weighted by Gasteiger charge is 2.28. The third kappa shape index (κ3) is 7.15. The molecule has 2 fully saturated rings. The summed E-state index contributed by atoms with van der Waals surface area (Å²) in [6, 6.07) is 6.27. The second-order valence-electron chi connectivity index (χ2n) is 8.50. The quantitative estimate of drug-likeness (QED) is 0.312. The minimum absolute atomic E-state index is 0. The number of benzene rings is 1. The van der Waals surface area contributed by atoms with Crippen molar-refractivity contribution in [2.75, 3.05) is 27.2 Å². The molecule has 0 aromatic heterocycles. The third-order valence-corrected chi connectivity index (χ3v) is 5.84. The smallest absolute Gasteiger partial charge is 0.225 e. The summed E-state index contributed by atoms with van der Waals surface area (Å²) >= 11 is 0. The molecule has 0 spiro atoms. The van der Waals surface area contributed by atoms with Crippen LogP contribution in [0.4, 0.5) is 0 Å². The number of carbonyl (C=O) groups excluding carboxylic acids is 1. The zero-order valence-electron chi connectivity index (χ0n) is 19.1. The van der Waals surface area contributed by atoms with Crippen LogP contribution in [0.5, 0.6) is 11.5 Å². The van der Waals surface area contributed by atoms with E-state index in [2.05, 4.69) is 21.7 Å². The van der Waals surface area contributed by atoms with Gasteiger partial charge in [-0.3, -0.25) is 9.79 Å². The normalized spacial score (nSPS) is 19.3. The fraction of sp³-hybridized carbons (Fsp3) is 0.652. The van der Waals surface area contributed by atoms with Gasteiger partial charge in [-0.15, -0.1) is 24.0 Å². The first-order valence-electron chi connectivity index (χ1n) is 11.1. The molecule has 31 heavy (non-hydrogen) atoms. The van der Waals surface area contributed by atoms with Crippen molar-refractivity contribution < 1.29 is 14.3 Å². The lowest BCUT2D eigenvalue weighted by Crippen LogP contribution is -2.45. The number of amides is 1. The number of hydrogen-bond donors (Lipinski definition) is 2. The summed E-state index contributed by atoms with van der Waals surface area (Å²) in [5, 5.41) is 6.82. The van der Waals surface area contributed by atoms with Gasteiger partial charge in [-0.2, -0.15) is 0 Å². The molecule has 1 aromatic rings. The molecular weight excluding hydrogens is 507 g/mol. The Morgan fingerprint density at radius 3 is 2.61 bits per heavy atom. The van der Waals surface area contributed by atoms with Gasteiger partial charge in [0.25, 0.3) is 0 Å². The minimum atomic E-state index is 0. The number of aliphatic imine (C=N–C) groups is 1. The number of nitrogens with one attached hydrogen (secondary N) is 2. The van der Waals surface area contributed by atoms with Gasteiger partial charge in [0.15, 0.2) is 17.5 Å². The average molecular weight is 544 g/mol. The second kappa shape index (κ2) is 12.4. The molecule has 2 N–H and O–H groups in total. The van der Waals surface area contributed by atoms with Crippen molar-refractivity contribution in [3.63, 3.8) is 0 Å². The molecule has 1 unspecified atom stereocenters. The molecule has 0 radical (unpaired) electrons. The molecule has 7 nitrogen and oxygen atoms in total. The minimum Gasteiger partial charge on any atom is -0.493 e. The fourth-order valence-electron chi connectivity index (χ4n) is 4.13. The van der Waals surface area contributed by atoms with E-state index in [0.717, 1.165) is 55.4 Å². The van der Waals surface area contributed by atoms with E-state index in [1.165, 1.54) is 12.8 Å². The molecule has 8 heteroatoms. The Morgan fingerprint density at radius 2 is 1.97 bits per heavy atom. The first-order chi connectivity index (χ1) is 14.5. The molecule has 1 aliphatic heterocycles. The van der Waals surface area contributed by atoms with Crippen LogP contribution in [-0.4, -0.2) is 56.2 Å². The molecule has 174 valence electrons. The van der Waals surface area contributed by atoms with Crippen LogP contribution in [0.2, 0.25) is 0 Å². The van der Waals surface area contributed by atoms with Crippen molar-refractivity contribution in [2.45, 2.75) is 64.6 Å². The largest absolute Gasteiger partial charge is 0.493 e. The Morgan fingerprint density at radius 1 is 1.23 bits per heavy atom. The monoisotopic (exact) mass is 544 g/mol. The number of hydrogen-bond acceptors (Lipinski definition) is 4. The zero-order chi connectivity index (χ0) is 21.5. The predicted octanol–water partition coefficient (Wildman–Crippen LogP) is 3.56. The van der Waals surface area contributed by atoms with E-state index in [4.69, 9.17) is 9.47 Å². The Bertz CT molecular complexity index is 750. The van der Waals surface area contributed by atoms with Gasteiger partial charge in [-0.25, -0.2) is 0 Å². The maximum atomic E-state index is 12.2. The lowest BCUT2D eigenvalue weighted by atomic mass is 10.2. The summed E-state index contributed by atoms with van der Waals surface area (Å²) < 4.78 is 11.7. The molecule has 3 rings (SSSR count). The molecule has 1 amide bonds. The highest BCUT2D eigenvalue weighted by atomic mass is 127. The van der Waals surface area contributed by atoms with Crippen molar-refractivity contribution in [1.82, 2.24) is 15.5 Å². The van der Waals surface area contributed by atoms with E-state index in [0.29, 0.717) is 6.54 Å². The van der Waals surface area contributed by atoms with Gasteiger partial charge in [0.2, 0.25) is 5.91 Å². The van der Waals surface area contributed by atoms with E-state index < -0.39 is 0 Å². The molecule has 1 aliphatic carbocycles. The van der Waals surface area contributed by atoms with E-state index >= 15 is 0 Å². The van der Waals surface area contributed by atoms with E-state index in [1.807, 2.05) is 30.9 Å². The van der Waals surface area contributed by atoms with Crippen LogP contribution in [0.25, 0.3) is 0 Å². The van der Waals surface area contributed by atoms with Gasteiger partial charge < -0.3 is 25.0 Å². The van der Waals surface area contributed by atoms with Crippen LogP contribution < -0.4 is 20.1 Å². The van der Waals surface area contributed by atoms with Crippen molar-refractivity contribution in [3.05, 3.63) is 23.8 Å². The molecule has 1 atom stereocenters.